The van der Waals surface area contributed by atoms with E-state index in [0.717, 1.165) is 73.1 Å². The van der Waals surface area contributed by atoms with Gasteiger partial charge in [0.1, 0.15) is 17.5 Å². The summed E-state index contributed by atoms with van der Waals surface area (Å²) in [5.41, 5.74) is 10.9. The van der Waals surface area contributed by atoms with Crippen LogP contribution in [0.25, 0.3) is 32.7 Å². The number of benzene rings is 7. The monoisotopic (exact) mass is 798 g/mol. The summed E-state index contributed by atoms with van der Waals surface area (Å²) in [7, 11) is 0. The topological polar surface area (TPSA) is 48.4 Å². The molecule has 11 rings (SSSR count). The Hall–Kier alpha value is -8.09. The molecule has 3 aromatic heterocycles. The molecule has 6 nitrogen and oxygen atoms in total. The van der Waals surface area contributed by atoms with Crippen LogP contribution >= 0.6 is 0 Å². The highest BCUT2D eigenvalue weighted by Gasteiger charge is 2.37. The van der Waals surface area contributed by atoms with E-state index in [9.17, 15) is 0 Å². The second-order valence-electron chi connectivity index (χ2n) is 16.1. The molecule has 0 radical (unpaired) electrons. The molecule has 62 heavy (non-hydrogen) atoms. The third-order valence-electron chi connectivity index (χ3n) is 12.1. The van der Waals surface area contributed by atoms with Crippen LogP contribution < -0.4 is 14.7 Å². The van der Waals surface area contributed by atoms with Gasteiger partial charge in [-0.15, -0.1) is 0 Å². The summed E-state index contributed by atoms with van der Waals surface area (Å²) in [5, 5.41) is 4.30. The maximum absolute atomic E-state index is 5.07. The molecule has 0 unspecified atom stereocenters. The molecule has 0 atom stereocenters. The first kappa shape index (κ1) is 36.9. The van der Waals surface area contributed by atoms with Crippen LogP contribution in [0.1, 0.15) is 25.0 Å². The zero-order chi connectivity index (χ0) is 41.6. The summed E-state index contributed by atoms with van der Waals surface area (Å²) in [6, 6.07) is 70.7. The minimum atomic E-state index is -0.238. The van der Waals surface area contributed by atoms with Crippen molar-refractivity contribution in [2.24, 2.45) is 0 Å². The van der Waals surface area contributed by atoms with Crippen LogP contribution in [0.3, 0.4) is 0 Å². The summed E-state index contributed by atoms with van der Waals surface area (Å²) < 4.78 is 0. The summed E-state index contributed by atoms with van der Waals surface area (Å²) in [5.74, 6) is 2.46. The summed E-state index contributed by atoms with van der Waals surface area (Å²) >= 11 is 0. The second kappa shape index (κ2) is 15.2. The van der Waals surface area contributed by atoms with Crippen molar-refractivity contribution in [1.82, 2.24) is 15.0 Å². The van der Waals surface area contributed by atoms with Gasteiger partial charge in [-0.2, -0.15) is 0 Å². The predicted octanol–water partition coefficient (Wildman–Crippen LogP) is 14.9. The van der Waals surface area contributed by atoms with Gasteiger partial charge in [-0.25, -0.2) is 15.0 Å². The van der Waals surface area contributed by atoms with Crippen molar-refractivity contribution >= 4 is 73.1 Å². The summed E-state index contributed by atoms with van der Waals surface area (Å²) in [6.45, 7) is 4.70. The average molecular weight is 799 g/mol. The number of para-hydroxylation sites is 3. The molecule has 0 spiro atoms. The maximum atomic E-state index is 5.07. The van der Waals surface area contributed by atoms with E-state index in [1.54, 1.807) is 0 Å². The van der Waals surface area contributed by atoms with E-state index in [1.165, 1.54) is 22.3 Å². The van der Waals surface area contributed by atoms with E-state index >= 15 is 0 Å². The standard InChI is InChI=1S/C56H42N6/c1-56(2)49-27-13-12-26-43(49)45-37-47-48(38-50(45)56)54(61(40-22-8-4-9-23-40)52-29-15-18-34-58-52)44-32-31-42(60(39-20-6-3-7-21-39)51-28-14-17-33-57-51)36-46(44)55(47)62(41-24-10-5-11-25-41)53-30-16-19-35-59-53/h3-38H,1-2H3. The van der Waals surface area contributed by atoms with Gasteiger partial charge in [0.2, 0.25) is 0 Å². The Morgan fingerprint density at radius 2 is 0.758 bits per heavy atom. The van der Waals surface area contributed by atoms with E-state index in [0.29, 0.717) is 0 Å². The fourth-order valence-corrected chi connectivity index (χ4v) is 9.34. The van der Waals surface area contributed by atoms with Gasteiger partial charge in [-0.05, 0) is 119 Å². The van der Waals surface area contributed by atoms with Gasteiger partial charge in [0.05, 0.1) is 11.4 Å². The minimum absolute atomic E-state index is 0.238. The van der Waals surface area contributed by atoms with E-state index in [2.05, 4.69) is 204 Å². The van der Waals surface area contributed by atoms with Crippen molar-refractivity contribution in [3.63, 3.8) is 0 Å². The molecule has 0 amide bonds. The Kier molecular flexibility index (Phi) is 9.05. The molecule has 10 aromatic rings. The van der Waals surface area contributed by atoms with Gasteiger partial charge in [0.15, 0.2) is 0 Å². The van der Waals surface area contributed by atoms with Gasteiger partial charge >= 0.3 is 0 Å². The zero-order valence-corrected chi connectivity index (χ0v) is 34.5. The van der Waals surface area contributed by atoms with Crippen molar-refractivity contribution in [3.05, 3.63) is 230 Å². The van der Waals surface area contributed by atoms with Gasteiger partial charge in [-0.1, -0.05) is 117 Å². The highest BCUT2D eigenvalue weighted by Crippen LogP contribution is 2.56. The van der Waals surface area contributed by atoms with E-state index in [1.807, 2.05) is 42.9 Å². The number of aromatic nitrogens is 3. The maximum Gasteiger partial charge on any atom is 0.137 e. The number of pyridine rings is 3. The van der Waals surface area contributed by atoms with E-state index < -0.39 is 0 Å². The van der Waals surface area contributed by atoms with Crippen LogP contribution in [0.15, 0.2) is 219 Å². The highest BCUT2D eigenvalue weighted by molar-refractivity contribution is 6.24. The van der Waals surface area contributed by atoms with Crippen LogP contribution in [0.4, 0.5) is 51.6 Å². The first-order valence-corrected chi connectivity index (χ1v) is 21.0. The van der Waals surface area contributed by atoms with Gasteiger partial charge in [-0.3, -0.25) is 14.7 Å². The molecule has 0 aliphatic heterocycles. The van der Waals surface area contributed by atoms with E-state index in [4.69, 9.17) is 15.0 Å². The molecule has 0 saturated carbocycles. The lowest BCUT2D eigenvalue weighted by Gasteiger charge is -2.33. The number of hydrogen-bond donors (Lipinski definition) is 0. The number of fused-ring (bicyclic) bond motifs is 5. The lowest BCUT2D eigenvalue weighted by atomic mass is 9.81. The van der Waals surface area contributed by atoms with Crippen molar-refractivity contribution in [2.45, 2.75) is 19.3 Å². The molecular formula is C56H42N6. The Labute approximate surface area is 361 Å². The Balaban J connectivity index is 1.35. The molecule has 7 aromatic carbocycles. The zero-order valence-electron chi connectivity index (χ0n) is 34.5. The quantitative estimate of drug-likeness (QED) is 0.107. The van der Waals surface area contributed by atoms with Gasteiger partial charge in [0, 0.05) is 68.3 Å². The molecule has 1 aliphatic rings. The minimum Gasteiger partial charge on any atom is -0.295 e. The van der Waals surface area contributed by atoms with Crippen molar-refractivity contribution in [1.29, 1.82) is 0 Å². The molecule has 0 N–H and O–H groups in total. The first-order chi connectivity index (χ1) is 30.6. The SMILES string of the molecule is CC1(C)c2ccccc2-c2cc3c(N(c4ccccc4)c4ccccn4)c4cc(N(c5ccccc5)c5ccccn5)ccc4c(N(c4ccccc4)c4ccccn4)c3cc21. The fourth-order valence-electron chi connectivity index (χ4n) is 9.34. The van der Waals surface area contributed by atoms with Crippen molar-refractivity contribution in [2.75, 3.05) is 14.7 Å². The first-order valence-electron chi connectivity index (χ1n) is 21.0. The highest BCUT2D eigenvalue weighted by atomic mass is 15.2. The van der Waals surface area contributed by atoms with Crippen LogP contribution in [0, 0.1) is 0 Å². The number of anilines is 9. The third-order valence-corrected chi connectivity index (χ3v) is 12.1. The second-order valence-corrected chi connectivity index (χ2v) is 16.1. The summed E-state index contributed by atoms with van der Waals surface area (Å²) in [6.07, 6.45) is 5.61. The Bertz CT molecular complexity index is 3080. The van der Waals surface area contributed by atoms with Gasteiger partial charge < -0.3 is 0 Å². The lowest BCUT2D eigenvalue weighted by molar-refractivity contribution is 0.661. The third kappa shape index (κ3) is 6.15. The number of hydrogen-bond acceptors (Lipinski definition) is 6. The molecule has 296 valence electrons. The van der Waals surface area contributed by atoms with Crippen LogP contribution in [0.5, 0.6) is 0 Å². The van der Waals surface area contributed by atoms with Crippen LogP contribution in [-0.4, -0.2) is 15.0 Å². The normalized spacial score (nSPS) is 12.5. The molecule has 0 saturated heterocycles. The largest absolute Gasteiger partial charge is 0.295 e. The van der Waals surface area contributed by atoms with Crippen LogP contribution in [0.2, 0.25) is 0 Å². The average Bonchev–Trinajstić information content (AvgIpc) is 3.56. The lowest BCUT2D eigenvalue weighted by Crippen LogP contribution is -2.18. The fraction of sp³-hybridized carbons (Fsp3) is 0.0536. The molecule has 0 bridgehead atoms. The number of rotatable bonds is 9. The molecule has 3 heterocycles. The Morgan fingerprint density at radius 1 is 0.323 bits per heavy atom. The molecular weight excluding hydrogens is 757 g/mol. The summed E-state index contributed by atoms with van der Waals surface area (Å²) in [4.78, 5) is 21.9. The molecule has 1 aliphatic carbocycles. The molecule has 6 heteroatoms. The van der Waals surface area contributed by atoms with Crippen molar-refractivity contribution in [3.8, 4) is 11.1 Å². The predicted molar refractivity (Wildman–Crippen MR) is 256 cm³/mol. The van der Waals surface area contributed by atoms with Gasteiger partial charge in [0.25, 0.3) is 0 Å². The Morgan fingerprint density at radius 3 is 1.29 bits per heavy atom. The smallest absolute Gasteiger partial charge is 0.137 e. The molecule has 0 fully saturated rings. The number of nitrogens with zero attached hydrogens (tertiary/aromatic N) is 6. The van der Waals surface area contributed by atoms with Crippen molar-refractivity contribution < 1.29 is 0 Å². The van der Waals surface area contributed by atoms with Crippen LogP contribution in [-0.2, 0) is 5.41 Å². The van der Waals surface area contributed by atoms with E-state index in [-0.39, 0.29) is 5.41 Å².